The van der Waals surface area contributed by atoms with Crippen LogP contribution in [-0.4, -0.2) is 56.1 Å². The van der Waals surface area contributed by atoms with Gasteiger partial charge in [-0.05, 0) is 12.8 Å². The summed E-state index contributed by atoms with van der Waals surface area (Å²) in [5.74, 6) is -0.137. The second-order valence-electron chi connectivity index (χ2n) is 4.24. The van der Waals surface area contributed by atoms with E-state index in [2.05, 4.69) is 5.32 Å². The Bertz CT molecular complexity index is 283. The molecular weight excluding hydrogens is 222 g/mol. The molecule has 6 heteroatoms. The summed E-state index contributed by atoms with van der Waals surface area (Å²) in [6.07, 6.45) is 1.46. The van der Waals surface area contributed by atoms with E-state index in [0.29, 0.717) is 25.9 Å². The highest BCUT2D eigenvalue weighted by Crippen LogP contribution is 2.20. The molecule has 17 heavy (non-hydrogen) atoms. The van der Waals surface area contributed by atoms with Crippen molar-refractivity contribution in [2.45, 2.75) is 31.5 Å². The van der Waals surface area contributed by atoms with Gasteiger partial charge in [-0.1, -0.05) is 0 Å². The van der Waals surface area contributed by atoms with Gasteiger partial charge in [-0.15, -0.1) is 0 Å². The Kier molecular flexibility index (Phi) is 5.37. The molecule has 3 N–H and O–H groups in total. The molecule has 0 aromatic rings. The Labute approximate surface area is 101 Å². The highest BCUT2D eigenvalue weighted by atomic mass is 16.5. The minimum Gasteiger partial charge on any atom is -0.364 e. The minimum atomic E-state index is -0.391. The maximum Gasteiger partial charge on any atom is 0.251 e. The van der Waals surface area contributed by atoms with E-state index in [1.165, 1.54) is 0 Å². The van der Waals surface area contributed by atoms with E-state index in [4.69, 9.17) is 10.5 Å². The van der Waals surface area contributed by atoms with Gasteiger partial charge in [-0.25, -0.2) is 0 Å². The van der Waals surface area contributed by atoms with Crippen molar-refractivity contribution in [3.63, 3.8) is 0 Å². The summed E-state index contributed by atoms with van der Waals surface area (Å²) in [5.41, 5.74) is 5.49. The largest absolute Gasteiger partial charge is 0.364 e. The SMILES string of the molecule is CNC(=O)CCN(C)C(=O)C1CCC(CN)O1. The first-order valence-corrected chi connectivity index (χ1v) is 5.89. The second kappa shape index (κ2) is 6.56. The van der Waals surface area contributed by atoms with Gasteiger partial charge >= 0.3 is 0 Å². The fourth-order valence-corrected chi connectivity index (χ4v) is 1.81. The van der Waals surface area contributed by atoms with Crippen LogP contribution >= 0.6 is 0 Å². The van der Waals surface area contributed by atoms with Crippen molar-refractivity contribution in [2.75, 3.05) is 27.2 Å². The fraction of sp³-hybridized carbons (Fsp3) is 0.818. The smallest absolute Gasteiger partial charge is 0.251 e. The molecule has 0 aromatic carbocycles. The molecule has 1 rings (SSSR count). The molecule has 1 fully saturated rings. The van der Waals surface area contributed by atoms with Crippen molar-refractivity contribution in [1.82, 2.24) is 10.2 Å². The number of carbonyl (C=O) groups excluding carboxylic acids is 2. The molecule has 0 saturated carbocycles. The van der Waals surface area contributed by atoms with Gasteiger partial charge in [0.25, 0.3) is 5.91 Å². The molecule has 1 heterocycles. The van der Waals surface area contributed by atoms with Crippen LogP contribution in [-0.2, 0) is 14.3 Å². The van der Waals surface area contributed by atoms with E-state index in [1.54, 1.807) is 19.0 Å². The van der Waals surface area contributed by atoms with Gasteiger partial charge in [-0.3, -0.25) is 9.59 Å². The second-order valence-corrected chi connectivity index (χ2v) is 4.24. The van der Waals surface area contributed by atoms with Crippen LogP contribution in [0.1, 0.15) is 19.3 Å². The summed E-state index contributed by atoms with van der Waals surface area (Å²) in [6.45, 7) is 0.859. The molecule has 1 aliphatic rings. The standard InChI is InChI=1S/C11H21N3O3/c1-13-10(15)5-6-14(2)11(16)9-4-3-8(7-12)17-9/h8-9H,3-7,12H2,1-2H3,(H,13,15). The monoisotopic (exact) mass is 243 g/mol. The van der Waals surface area contributed by atoms with Gasteiger partial charge in [0.15, 0.2) is 0 Å². The lowest BCUT2D eigenvalue weighted by atomic mass is 10.2. The van der Waals surface area contributed by atoms with E-state index in [0.717, 1.165) is 6.42 Å². The predicted molar refractivity (Wildman–Crippen MR) is 63.3 cm³/mol. The van der Waals surface area contributed by atoms with Crippen molar-refractivity contribution >= 4 is 11.8 Å². The topological polar surface area (TPSA) is 84.7 Å². The van der Waals surface area contributed by atoms with E-state index in [9.17, 15) is 9.59 Å². The van der Waals surface area contributed by atoms with Crippen LogP contribution in [0, 0.1) is 0 Å². The third-order valence-electron chi connectivity index (χ3n) is 2.98. The Balaban J connectivity index is 2.34. The summed E-state index contributed by atoms with van der Waals surface area (Å²) in [7, 11) is 3.26. The number of likely N-dealkylation sites (N-methyl/N-ethyl adjacent to an activating group) is 1. The number of hydrogen-bond acceptors (Lipinski definition) is 4. The Morgan fingerprint density at radius 1 is 1.47 bits per heavy atom. The average molecular weight is 243 g/mol. The van der Waals surface area contributed by atoms with Gasteiger partial charge in [-0.2, -0.15) is 0 Å². The number of amides is 2. The van der Waals surface area contributed by atoms with Crippen molar-refractivity contribution in [1.29, 1.82) is 0 Å². The van der Waals surface area contributed by atoms with Gasteiger partial charge in [0.1, 0.15) is 6.10 Å². The number of nitrogens with one attached hydrogen (secondary N) is 1. The molecule has 0 spiro atoms. The third-order valence-corrected chi connectivity index (χ3v) is 2.98. The number of nitrogens with zero attached hydrogens (tertiary/aromatic N) is 1. The van der Waals surface area contributed by atoms with Gasteiger partial charge in [0, 0.05) is 33.6 Å². The summed E-state index contributed by atoms with van der Waals surface area (Å²) in [4.78, 5) is 24.5. The minimum absolute atomic E-state index is 0.00343. The van der Waals surface area contributed by atoms with Crippen molar-refractivity contribution in [2.24, 2.45) is 5.73 Å². The first kappa shape index (κ1) is 13.9. The summed E-state index contributed by atoms with van der Waals surface area (Å²) in [5, 5.41) is 2.52. The lowest BCUT2D eigenvalue weighted by molar-refractivity contribution is -0.141. The van der Waals surface area contributed by atoms with Crippen molar-refractivity contribution in [3.05, 3.63) is 0 Å². The number of carbonyl (C=O) groups is 2. The molecule has 0 aromatic heterocycles. The van der Waals surface area contributed by atoms with E-state index < -0.39 is 6.10 Å². The van der Waals surface area contributed by atoms with Crippen LogP contribution < -0.4 is 11.1 Å². The molecule has 98 valence electrons. The first-order chi connectivity index (χ1) is 8.08. The highest BCUT2D eigenvalue weighted by molar-refractivity contribution is 5.82. The zero-order valence-corrected chi connectivity index (χ0v) is 10.4. The molecule has 1 saturated heterocycles. The molecule has 2 amide bonds. The molecule has 0 bridgehead atoms. The quantitative estimate of drug-likeness (QED) is 0.654. The van der Waals surface area contributed by atoms with Crippen LogP contribution in [0.25, 0.3) is 0 Å². The van der Waals surface area contributed by atoms with E-state index in [1.807, 2.05) is 0 Å². The lowest BCUT2D eigenvalue weighted by Crippen LogP contribution is -2.38. The normalized spacial score (nSPS) is 23.5. The number of nitrogens with two attached hydrogens (primary N) is 1. The Morgan fingerprint density at radius 2 is 2.18 bits per heavy atom. The van der Waals surface area contributed by atoms with Crippen LogP contribution in [0.3, 0.4) is 0 Å². The molecule has 1 aliphatic heterocycles. The van der Waals surface area contributed by atoms with E-state index in [-0.39, 0.29) is 17.9 Å². The average Bonchev–Trinajstić information content (AvgIpc) is 2.83. The van der Waals surface area contributed by atoms with Crippen LogP contribution in [0.2, 0.25) is 0 Å². The first-order valence-electron chi connectivity index (χ1n) is 5.89. The van der Waals surface area contributed by atoms with Crippen LogP contribution in [0.4, 0.5) is 0 Å². The van der Waals surface area contributed by atoms with Gasteiger partial charge in [0.05, 0.1) is 6.10 Å². The molecule has 2 atom stereocenters. The third kappa shape index (κ3) is 3.98. The summed E-state index contributed by atoms with van der Waals surface area (Å²) in [6, 6.07) is 0. The summed E-state index contributed by atoms with van der Waals surface area (Å²) >= 11 is 0. The van der Waals surface area contributed by atoms with E-state index >= 15 is 0 Å². The van der Waals surface area contributed by atoms with Crippen molar-refractivity contribution < 1.29 is 14.3 Å². The molecule has 2 unspecified atom stereocenters. The predicted octanol–water partition coefficient (Wildman–Crippen LogP) is -0.913. The molecule has 0 radical (unpaired) electrons. The number of hydrogen-bond donors (Lipinski definition) is 2. The maximum atomic E-state index is 11.9. The Morgan fingerprint density at radius 3 is 2.71 bits per heavy atom. The molecule has 6 nitrogen and oxygen atoms in total. The fourth-order valence-electron chi connectivity index (χ4n) is 1.81. The zero-order chi connectivity index (χ0) is 12.8. The number of rotatable bonds is 5. The highest BCUT2D eigenvalue weighted by Gasteiger charge is 2.31. The summed E-state index contributed by atoms with van der Waals surface area (Å²) < 4.78 is 5.51. The zero-order valence-electron chi connectivity index (χ0n) is 10.4. The van der Waals surface area contributed by atoms with Crippen LogP contribution in [0.15, 0.2) is 0 Å². The van der Waals surface area contributed by atoms with Gasteiger partial charge in [0.2, 0.25) is 5.91 Å². The maximum absolute atomic E-state index is 11.9. The van der Waals surface area contributed by atoms with Gasteiger partial charge < -0.3 is 20.7 Å². The molecular formula is C11H21N3O3. The number of ether oxygens (including phenoxy) is 1. The lowest BCUT2D eigenvalue weighted by Gasteiger charge is -2.20. The van der Waals surface area contributed by atoms with Crippen molar-refractivity contribution in [3.8, 4) is 0 Å². The van der Waals surface area contributed by atoms with Crippen LogP contribution in [0.5, 0.6) is 0 Å². The molecule has 0 aliphatic carbocycles. The Hall–Kier alpha value is -1.14.